The van der Waals surface area contributed by atoms with E-state index in [2.05, 4.69) is 15.1 Å². The average Bonchev–Trinajstić information content (AvgIpc) is 2.88. The van der Waals surface area contributed by atoms with Gasteiger partial charge >= 0.3 is 5.97 Å². The van der Waals surface area contributed by atoms with Crippen LogP contribution in [0.2, 0.25) is 0 Å². The van der Waals surface area contributed by atoms with Crippen LogP contribution in [-0.2, 0) is 4.74 Å². The number of nitrogens with zero attached hydrogens (tertiary/aromatic N) is 4. The molecule has 0 aromatic carbocycles. The van der Waals surface area contributed by atoms with Gasteiger partial charge in [-0.3, -0.25) is 4.98 Å². The summed E-state index contributed by atoms with van der Waals surface area (Å²) in [7, 11) is 0. The predicted molar refractivity (Wildman–Crippen MR) is 69.2 cm³/mol. The van der Waals surface area contributed by atoms with Crippen LogP contribution < -0.4 is 0 Å². The van der Waals surface area contributed by atoms with E-state index >= 15 is 0 Å². The molecule has 19 heavy (non-hydrogen) atoms. The molecular formula is C13H16N4O2. The van der Waals surface area contributed by atoms with Crippen molar-refractivity contribution in [2.45, 2.75) is 26.7 Å². The van der Waals surface area contributed by atoms with E-state index in [1.165, 1.54) is 6.20 Å². The summed E-state index contributed by atoms with van der Waals surface area (Å²) in [6, 6.07) is 0. The number of ether oxygens (including phenoxy) is 1. The fourth-order valence-electron chi connectivity index (χ4n) is 1.68. The number of hydrogen-bond donors (Lipinski definition) is 0. The maximum Gasteiger partial charge on any atom is 0.341 e. The maximum absolute atomic E-state index is 11.6. The zero-order valence-corrected chi connectivity index (χ0v) is 11.2. The molecule has 2 aromatic heterocycles. The lowest BCUT2D eigenvalue weighted by Crippen LogP contribution is -2.07. The molecule has 0 saturated carbocycles. The molecule has 0 amide bonds. The number of carbonyl (C=O) groups excluding carboxylic acids is 1. The molecule has 0 bridgehead atoms. The summed E-state index contributed by atoms with van der Waals surface area (Å²) in [5.74, 6) is 0.468. The number of rotatable bonds is 4. The molecule has 0 atom stereocenters. The molecule has 100 valence electrons. The Balaban J connectivity index is 2.36. The van der Waals surface area contributed by atoms with Crippen molar-refractivity contribution >= 4 is 5.97 Å². The van der Waals surface area contributed by atoms with E-state index in [1.54, 1.807) is 30.2 Å². The monoisotopic (exact) mass is 260 g/mol. The molecule has 0 aliphatic heterocycles. The second-order valence-electron chi connectivity index (χ2n) is 4.31. The van der Waals surface area contributed by atoms with Crippen LogP contribution in [0.1, 0.15) is 42.7 Å². The minimum atomic E-state index is -0.385. The minimum absolute atomic E-state index is 0.221. The van der Waals surface area contributed by atoms with Crippen molar-refractivity contribution in [1.82, 2.24) is 19.7 Å². The van der Waals surface area contributed by atoms with Gasteiger partial charge in [0, 0.05) is 18.6 Å². The lowest BCUT2D eigenvalue weighted by molar-refractivity contribution is 0.0526. The van der Waals surface area contributed by atoms with Gasteiger partial charge in [0.05, 0.1) is 24.1 Å². The highest BCUT2D eigenvalue weighted by Crippen LogP contribution is 2.18. The van der Waals surface area contributed by atoms with Crippen LogP contribution in [0.25, 0.3) is 5.82 Å². The third-order valence-electron chi connectivity index (χ3n) is 2.56. The Labute approximate surface area is 111 Å². The summed E-state index contributed by atoms with van der Waals surface area (Å²) in [4.78, 5) is 20.2. The zero-order chi connectivity index (χ0) is 13.8. The van der Waals surface area contributed by atoms with Crippen molar-refractivity contribution in [2.24, 2.45) is 0 Å². The van der Waals surface area contributed by atoms with E-state index in [1.807, 2.05) is 13.8 Å². The molecule has 0 fully saturated rings. The van der Waals surface area contributed by atoms with E-state index in [4.69, 9.17) is 4.74 Å². The molecule has 2 rings (SSSR count). The van der Waals surface area contributed by atoms with Crippen molar-refractivity contribution in [3.8, 4) is 5.82 Å². The molecule has 6 heteroatoms. The summed E-state index contributed by atoms with van der Waals surface area (Å²) in [6.45, 7) is 6.17. The van der Waals surface area contributed by atoms with Gasteiger partial charge in [0.15, 0.2) is 5.82 Å². The summed E-state index contributed by atoms with van der Waals surface area (Å²) in [5.41, 5.74) is 1.24. The van der Waals surface area contributed by atoms with Crippen LogP contribution in [0.5, 0.6) is 0 Å². The lowest BCUT2D eigenvalue weighted by Gasteiger charge is -2.09. The first-order valence-corrected chi connectivity index (χ1v) is 6.16. The van der Waals surface area contributed by atoms with Crippen LogP contribution >= 0.6 is 0 Å². The molecule has 0 N–H and O–H groups in total. The van der Waals surface area contributed by atoms with Crippen molar-refractivity contribution in [3.63, 3.8) is 0 Å². The highest BCUT2D eigenvalue weighted by atomic mass is 16.5. The van der Waals surface area contributed by atoms with Crippen molar-refractivity contribution in [2.75, 3.05) is 6.61 Å². The van der Waals surface area contributed by atoms with Crippen LogP contribution in [0.15, 0.2) is 24.8 Å². The Bertz CT molecular complexity index is 578. The van der Waals surface area contributed by atoms with Crippen molar-refractivity contribution < 1.29 is 9.53 Å². The Morgan fingerprint density at radius 2 is 2.11 bits per heavy atom. The van der Waals surface area contributed by atoms with Gasteiger partial charge in [0.2, 0.25) is 0 Å². The van der Waals surface area contributed by atoms with Gasteiger partial charge in [0.25, 0.3) is 0 Å². The molecule has 6 nitrogen and oxygen atoms in total. The third kappa shape index (κ3) is 2.78. The highest BCUT2D eigenvalue weighted by molar-refractivity contribution is 5.88. The molecule has 0 unspecified atom stereocenters. The quantitative estimate of drug-likeness (QED) is 0.786. The zero-order valence-electron chi connectivity index (χ0n) is 11.2. The van der Waals surface area contributed by atoms with Gasteiger partial charge in [-0.15, -0.1) is 0 Å². The average molecular weight is 260 g/mol. The summed E-state index contributed by atoms with van der Waals surface area (Å²) < 4.78 is 6.48. The standard InChI is InChI=1S/C13H16N4O2/c1-4-19-13(18)10-7-16-17(8-10)12-11(9(2)3)14-5-6-15-12/h5-9H,4H2,1-3H3. The van der Waals surface area contributed by atoms with Crippen LogP contribution in [0.4, 0.5) is 0 Å². The van der Waals surface area contributed by atoms with Gasteiger partial charge in [-0.05, 0) is 12.8 Å². The molecule has 0 saturated heterocycles. The second-order valence-corrected chi connectivity index (χ2v) is 4.31. The Morgan fingerprint density at radius 1 is 1.37 bits per heavy atom. The van der Waals surface area contributed by atoms with Gasteiger partial charge in [-0.1, -0.05) is 13.8 Å². The first-order chi connectivity index (χ1) is 9.13. The Hall–Kier alpha value is -2.24. The topological polar surface area (TPSA) is 69.9 Å². The first kappa shape index (κ1) is 13.2. The van der Waals surface area contributed by atoms with Crippen molar-refractivity contribution in [3.05, 3.63) is 36.0 Å². The Kier molecular flexibility index (Phi) is 3.89. The van der Waals surface area contributed by atoms with Crippen molar-refractivity contribution in [1.29, 1.82) is 0 Å². The summed E-state index contributed by atoms with van der Waals surface area (Å²) in [5, 5.41) is 4.15. The van der Waals surface area contributed by atoms with Crippen LogP contribution in [-0.4, -0.2) is 32.3 Å². The molecule has 0 aliphatic carbocycles. The maximum atomic E-state index is 11.6. The fraction of sp³-hybridized carbons (Fsp3) is 0.385. The van der Waals surface area contributed by atoms with Gasteiger partial charge in [-0.25, -0.2) is 14.5 Å². The second kappa shape index (κ2) is 5.60. The number of carbonyl (C=O) groups is 1. The molecule has 0 aliphatic rings. The van der Waals surface area contributed by atoms with E-state index in [-0.39, 0.29) is 11.9 Å². The van der Waals surface area contributed by atoms with Crippen LogP contribution in [0, 0.1) is 0 Å². The van der Waals surface area contributed by atoms with E-state index in [9.17, 15) is 4.79 Å². The van der Waals surface area contributed by atoms with Gasteiger partial charge < -0.3 is 4.74 Å². The molecule has 0 radical (unpaired) electrons. The third-order valence-corrected chi connectivity index (χ3v) is 2.56. The molecular weight excluding hydrogens is 244 g/mol. The normalized spacial score (nSPS) is 10.7. The molecule has 0 spiro atoms. The van der Waals surface area contributed by atoms with E-state index in [0.717, 1.165) is 5.69 Å². The summed E-state index contributed by atoms with van der Waals surface area (Å²) >= 11 is 0. The smallest absolute Gasteiger partial charge is 0.341 e. The minimum Gasteiger partial charge on any atom is -0.462 e. The van der Waals surface area contributed by atoms with E-state index < -0.39 is 0 Å². The number of aromatic nitrogens is 4. The molecule has 2 aromatic rings. The SMILES string of the molecule is CCOC(=O)c1cnn(-c2nccnc2C(C)C)c1. The first-order valence-electron chi connectivity index (χ1n) is 6.16. The number of hydrogen-bond acceptors (Lipinski definition) is 5. The Morgan fingerprint density at radius 3 is 2.79 bits per heavy atom. The van der Waals surface area contributed by atoms with Crippen LogP contribution in [0.3, 0.4) is 0 Å². The predicted octanol–water partition coefficient (Wildman–Crippen LogP) is 1.96. The lowest BCUT2D eigenvalue weighted by atomic mass is 10.1. The van der Waals surface area contributed by atoms with Gasteiger partial charge in [0.1, 0.15) is 0 Å². The van der Waals surface area contributed by atoms with E-state index in [0.29, 0.717) is 18.0 Å². The fourth-order valence-corrected chi connectivity index (χ4v) is 1.68. The largest absolute Gasteiger partial charge is 0.462 e. The highest BCUT2D eigenvalue weighted by Gasteiger charge is 2.15. The number of esters is 1. The summed E-state index contributed by atoms with van der Waals surface area (Å²) in [6.07, 6.45) is 6.33. The molecule has 2 heterocycles. The van der Waals surface area contributed by atoms with Gasteiger partial charge in [-0.2, -0.15) is 5.10 Å².